The molecule has 6 nitrogen and oxygen atoms in total. The highest BCUT2D eigenvalue weighted by Gasteiger charge is 2.57. The molecule has 3 N–H and O–H groups in total. The molecule has 0 bridgehead atoms. The van der Waals surface area contributed by atoms with Gasteiger partial charge in [-0.25, -0.2) is 9.07 Å². The van der Waals surface area contributed by atoms with Crippen LogP contribution < -0.4 is 10.5 Å². The summed E-state index contributed by atoms with van der Waals surface area (Å²) in [5.74, 6) is -0.352. The number of nitrogens with zero attached hydrogens (tertiary/aromatic N) is 2. The molecule has 2 aliphatic carbocycles. The number of fused-ring (bicyclic) bond motifs is 2. The molecular formula is C29H32FN3O3. The molecule has 5 rings (SSSR count). The third kappa shape index (κ3) is 3.82. The van der Waals surface area contributed by atoms with E-state index in [4.69, 9.17) is 10.5 Å². The number of ether oxygens (including phenoxy) is 1. The van der Waals surface area contributed by atoms with Crippen LogP contribution in [0.2, 0.25) is 0 Å². The minimum atomic E-state index is -0.928. The summed E-state index contributed by atoms with van der Waals surface area (Å²) in [6, 6.07) is 11.8. The lowest BCUT2D eigenvalue weighted by Gasteiger charge is -2.45. The van der Waals surface area contributed by atoms with Gasteiger partial charge in [0.1, 0.15) is 11.6 Å². The molecule has 1 fully saturated rings. The number of rotatable bonds is 8. The van der Waals surface area contributed by atoms with Crippen LogP contribution in [0.1, 0.15) is 66.2 Å². The van der Waals surface area contributed by atoms with Crippen LogP contribution in [0.3, 0.4) is 0 Å². The van der Waals surface area contributed by atoms with Crippen molar-refractivity contribution in [2.45, 2.75) is 57.5 Å². The molecule has 0 saturated heterocycles. The van der Waals surface area contributed by atoms with Crippen molar-refractivity contribution in [3.8, 4) is 11.4 Å². The summed E-state index contributed by atoms with van der Waals surface area (Å²) in [5.41, 5.74) is 9.66. The first-order valence-electron chi connectivity index (χ1n) is 12.5. The first-order valence-corrected chi connectivity index (χ1v) is 12.5. The van der Waals surface area contributed by atoms with Crippen molar-refractivity contribution in [1.82, 2.24) is 9.78 Å². The zero-order chi connectivity index (χ0) is 25.5. The number of nitrogens with two attached hydrogens (primary N) is 1. The number of aryl methyl sites for hydroxylation is 1. The quantitative estimate of drug-likeness (QED) is 0.466. The molecule has 1 heterocycles. The number of carbonyl (C=O) groups is 1. The van der Waals surface area contributed by atoms with Gasteiger partial charge in [-0.3, -0.25) is 4.79 Å². The molecule has 0 aliphatic heterocycles. The molecule has 1 amide bonds. The topological polar surface area (TPSA) is 90.4 Å². The molecule has 188 valence electrons. The van der Waals surface area contributed by atoms with Crippen LogP contribution in [-0.4, -0.2) is 33.5 Å². The number of aromatic nitrogens is 2. The Balaban J connectivity index is 1.49. The Labute approximate surface area is 210 Å². The molecule has 0 spiro atoms. The van der Waals surface area contributed by atoms with Gasteiger partial charge in [-0.05, 0) is 86.1 Å². The van der Waals surface area contributed by atoms with E-state index < -0.39 is 16.9 Å². The van der Waals surface area contributed by atoms with Crippen LogP contribution in [0.25, 0.3) is 11.8 Å². The van der Waals surface area contributed by atoms with E-state index in [9.17, 15) is 14.3 Å². The fourth-order valence-corrected chi connectivity index (χ4v) is 6.42. The van der Waals surface area contributed by atoms with Crippen molar-refractivity contribution < 1.29 is 19.0 Å². The Morgan fingerprint density at radius 1 is 1.22 bits per heavy atom. The van der Waals surface area contributed by atoms with E-state index in [1.54, 1.807) is 18.2 Å². The summed E-state index contributed by atoms with van der Waals surface area (Å²) in [5, 5.41) is 16.8. The summed E-state index contributed by atoms with van der Waals surface area (Å²) in [4.78, 5) is 12.2. The summed E-state index contributed by atoms with van der Waals surface area (Å²) >= 11 is 0. The third-order valence-electron chi connectivity index (χ3n) is 8.14. The van der Waals surface area contributed by atoms with Crippen LogP contribution in [0.4, 0.5) is 4.39 Å². The van der Waals surface area contributed by atoms with Gasteiger partial charge in [0.2, 0.25) is 0 Å². The number of carbonyl (C=O) groups excluding carboxylic acids is 1. The number of amides is 1. The molecule has 0 radical (unpaired) electrons. The van der Waals surface area contributed by atoms with Crippen molar-refractivity contribution in [3.05, 3.63) is 82.4 Å². The average molecular weight is 490 g/mol. The second kappa shape index (κ2) is 9.21. The minimum absolute atomic E-state index is 0.281. The Hall–Kier alpha value is -3.45. The Bertz CT molecular complexity index is 1330. The maximum Gasteiger partial charge on any atom is 0.252 e. The van der Waals surface area contributed by atoms with E-state index in [1.807, 2.05) is 23.0 Å². The monoisotopic (exact) mass is 489 g/mol. The SMILES string of the molecule is CCCC12Cc3cnn(-c4ccc(F)cc4)c3C=C1CC[C@@]2(O)CCc1cccc(OC)c1C(N)=O. The van der Waals surface area contributed by atoms with Crippen molar-refractivity contribution in [1.29, 1.82) is 0 Å². The maximum atomic E-state index is 13.5. The molecule has 7 heteroatoms. The lowest BCUT2D eigenvalue weighted by molar-refractivity contribution is -0.0593. The molecule has 2 aliphatic rings. The molecule has 2 atom stereocenters. The number of primary amides is 1. The van der Waals surface area contributed by atoms with Gasteiger partial charge in [0, 0.05) is 5.41 Å². The van der Waals surface area contributed by atoms with Crippen molar-refractivity contribution >= 4 is 12.0 Å². The number of benzene rings is 2. The molecule has 1 saturated carbocycles. The van der Waals surface area contributed by atoms with Crippen molar-refractivity contribution in [2.75, 3.05) is 7.11 Å². The van der Waals surface area contributed by atoms with Crippen LogP contribution >= 0.6 is 0 Å². The summed E-state index contributed by atoms with van der Waals surface area (Å²) in [6.07, 6.45) is 9.03. The standard InChI is InChI=1S/C29H32FN3O3/c1-3-13-28-17-20-18-32-33(23-9-7-22(30)8-10-23)24(20)16-21(28)12-15-29(28,35)14-11-19-5-4-6-25(36-2)26(19)27(31)34/h4-10,16,18,35H,3,11-15,17H2,1-2H3,(H2,31,34)/t28?,29-/m0/s1. The predicted octanol–water partition coefficient (Wildman–Crippen LogP) is 5.00. The first-order chi connectivity index (χ1) is 17.3. The minimum Gasteiger partial charge on any atom is -0.496 e. The number of aliphatic hydroxyl groups is 1. The highest BCUT2D eigenvalue weighted by atomic mass is 19.1. The molecule has 1 aromatic heterocycles. The number of hydrogen-bond donors (Lipinski definition) is 2. The van der Waals surface area contributed by atoms with E-state index in [-0.39, 0.29) is 5.82 Å². The second-order valence-electron chi connectivity index (χ2n) is 10.0. The Morgan fingerprint density at radius 2 is 2.00 bits per heavy atom. The lowest BCUT2D eigenvalue weighted by Crippen LogP contribution is -2.47. The fraction of sp³-hybridized carbons (Fsp3) is 0.379. The predicted molar refractivity (Wildman–Crippen MR) is 137 cm³/mol. The second-order valence-corrected chi connectivity index (χ2v) is 10.0. The van der Waals surface area contributed by atoms with E-state index in [0.717, 1.165) is 41.8 Å². The summed E-state index contributed by atoms with van der Waals surface area (Å²) in [6.45, 7) is 2.15. The van der Waals surface area contributed by atoms with Gasteiger partial charge in [0.15, 0.2) is 0 Å². The molecule has 3 aromatic rings. The van der Waals surface area contributed by atoms with Crippen LogP contribution in [0, 0.1) is 11.2 Å². The number of hydrogen-bond acceptors (Lipinski definition) is 4. The maximum absolute atomic E-state index is 13.5. The normalized spacial score (nSPS) is 22.6. The van der Waals surface area contributed by atoms with Gasteiger partial charge in [0.25, 0.3) is 5.91 Å². The number of halogens is 1. The number of methoxy groups -OCH3 is 1. The Morgan fingerprint density at radius 3 is 2.69 bits per heavy atom. The van der Waals surface area contributed by atoms with Gasteiger partial charge in [-0.15, -0.1) is 0 Å². The highest BCUT2D eigenvalue weighted by Crippen LogP contribution is 2.59. The van der Waals surface area contributed by atoms with Gasteiger partial charge < -0.3 is 15.6 Å². The first kappa shape index (κ1) is 24.3. The zero-order valence-corrected chi connectivity index (χ0v) is 20.8. The Kier molecular flexibility index (Phi) is 6.20. The highest BCUT2D eigenvalue weighted by molar-refractivity contribution is 5.97. The van der Waals surface area contributed by atoms with E-state index >= 15 is 0 Å². The zero-order valence-electron chi connectivity index (χ0n) is 20.8. The summed E-state index contributed by atoms with van der Waals surface area (Å²) < 4.78 is 20.7. The van der Waals surface area contributed by atoms with Crippen LogP contribution in [-0.2, 0) is 12.8 Å². The van der Waals surface area contributed by atoms with Crippen molar-refractivity contribution in [2.24, 2.45) is 11.1 Å². The van der Waals surface area contributed by atoms with Gasteiger partial charge in [0.05, 0.1) is 35.9 Å². The lowest BCUT2D eigenvalue weighted by atomic mass is 9.62. The fourth-order valence-electron chi connectivity index (χ4n) is 6.42. The van der Waals surface area contributed by atoms with Gasteiger partial charge in [-0.1, -0.05) is 31.1 Å². The molecule has 2 aromatic carbocycles. The van der Waals surface area contributed by atoms with Crippen LogP contribution in [0.15, 0.2) is 54.2 Å². The largest absolute Gasteiger partial charge is 0.496 e. The van der Waals surface area contributed by atoms with E-state index in [2.05, 4.69) is 18.1 Å². The van der Waals surface area contributed by atoms with E-state index in [0.29, 0.717) is 37.0 Å². The van der Waals surface area contributed by atoms with Crippen molar-refractivity contribution in [3.63, 3.8) is 0 Å². The average Bonchev–Trinajstić information content (AvgIpc) is 3.40. The van der Waals surface area contributed by atoms with E-state index in [1.165, 1.54) is 24.8 Å². The summed E-state index contributed by atoms with van der Waals surface area (Å²) in [7, 11) is 1.52. The smallest absolute Gasteiger partial charge is 0.252 e. The van der Waals surface area contributed by atoms with Gasteiger partial charge >= 0.3 is 0 Å². The molecule has 36 heavy (non-hydrogen) atoms. The van der Waals surface area contributed by atoms with Crippen LogP contribution in [0.5, 0.6) is 5.75 Å². The molecular weight excluding hydrogens is 457 g/mol. The van der Waals surface area contributed by atoms with Gasteiger partial charge in [-0.2, -0.15) is 5.10 Å². The third-order valence-corrected chi connectivity index (χ3v) is 8.14. The molecule has 1 unspecified atom stereocenters.